The van der Waals surface area contributed by atoms with E-state index < -0.39 is 0 Å². The number of rotatable bonds is 2. The van der Waals surface area contributed by atoms with Gasteiger partial charge >= 0.3 is 0 Å². The molecule has 0 amide bonds. The van der Waals surface area contributed by atoms with Crippen molar-refractivity contribution in [2.45, 2.75) is 43.7 Å². The molecule has 2 saturated heterocycles. The first-order chi connectivity index (χ1) is 7.85. The molecule has 1 aromatic rings. The predicted octanol–water partition coefficient (Wildman–Crippen LogP) is 2.09. The average Bonchev–Trinajstić information content (AvgIpc) is 2.68. The number of methoxy groups -OCH3 is 1. The van der Waals surface area contributed by atoms with Crippen molar-refractivity contribution in [3.05, 3.63) is 24.0 Å². The predicted molar refractivity (Wildman–Crippen MR) is 62.7 cm³/mol. The number of ether oxygens (including phenoxy) is 1. The maximum atomic E-state index is 5.24. The first kappa shape index (κ1) is 10.1. The van der Waals surface area contributed by atoms with Crippen molar-refractivity contribution < 1.29 is 4.74 Å². The van der Waals surface area contributed by atoms with Crippen LogP contribution in [0.15, 0.2) is 18.5 Å². The number of pyridine rings is 1. The van der Waals surface area contributed by atoms with E-state index >= 15 is 0 Å². The molecule has 16 heavy (non-hydrogen) atoms. The minimum absolute atomic E-state index is 0.668. The Morgan fingerprint density at radius 1 is 1.25 bits per heavy atom. The minimum Gasteiger partial charge on any atom is -0.495 e. The van der Waals surface area contributed by atoms with Gasteiger partial charge in [-0.15, -0.1) is 0 Å². The SMILES string of the molecule is COc1cncc(C2C[C@H]3CC[C@@H](C2)N3)c1. The van der Waals surface area contributed by atoms with Crippen molar-refractivity contribution in [3.8, 4) is 5.75 Å². The molecule has 2 aliphatic rings. The van der Waals surface area contributed by atoms with Crippen molar-refractivity contribution in [3.63, 3.8) is 0 Å². The molecule has 3 nitrogen and oxygen atoms in total. The summed E-state index contributed by atoms with van der Waals surface area (Å²) in [6.07, 6.45) is 8.98. The Labute approximate surface area is 96.2 Å². The van der Waals surface area contributed by atoms with Gasteiger partial charge in [0.25, 0.3) is 0 Å². The second-order valence-electron chi connectivity index (χ2n) is 4.96. The van der Waals surface area contributed by atoms with Crippen LogP contribution in [0.2, 0.25) is 0 Å². The van der Waals surface area contributed by atoms with Crippen LogP contribution in [0, 0.1) is 0 Å². The third kappa shape index (κ3) is 1.80. The van der Waals surface area contributed by atoms with Crippen LogP contribution in [0.3, 0.4) is 0 Å². The lowest BCUT2D eigenvalue weighted by molar-refractivity contribution is 0.360. The molecule has 0 radical (unpaired) electrons. The van der Waals surface area contributed by atoms with Crippen LogP contribution in [0.1, 0.15) is 37.2 Å². The largest absolute Gasteiger partial charge is 0.495 e. The first-order valence-corrected chi connectivity index (χ1v) is 6.10. The average molecular weight is 218 g/mol. The monoisotopic (exact) mass is 218 g/mol. The van der Waals surface area contributed by atoms with E-state index in [2.05, 4.69) is 16.4 Å². The molecule has 0 aliphatic carbocycles. The lowest BCUT2D eigenvalue weighted by Crippen LogP contribution is -2.37. The van der Waals surface area contributed by atoms with Gasteiger partial charge in [-0.2, -0.15) is 0 Å². The van der Waals surface area contributed by atoms with E-state index in [1.807, 2.05) is 6.20 Å². The molecule has 1 aromatic heterocycles. The Kier molecular flexibility index (Phi) is 2.56. The van der Waals surface area contributed by atoms with E-state index in [9.17, 15) is 0 Å². The summed E-state index contributed by atoms with van der Waals surface area (Å²) in [5.74, 6) is 1.55. The normalized spacial score (nSPS) is 32.7. The number of piperidine rings is 1. The van der Waals surface area contributed by atoms with Crippen LogP contribution in [0.25, 0.3) is 0 Å². The lowest BCUT2D eigenvalue weighted by atomic mass is 9.87. The number of nitrogens with one attached hydrogen (secondary N) is 1. The molecule has 3 heteroatoms. The molecular weight excluding hydrogens is 200 g/mol. The quantitative estimate of drug-likeness (QED) is 0.825. The highest BCUT2D eigenvalue weighted by atomic mass is 16.5. The Morgan fingerprint density at radius 2 is 2.00 bits per heavy atom. The van der Waals surface area contributed by atoms with E-state index in [1.54, 1.807) is 13.3 Å². The van der Waals surface area contributed by atoms with Gasteiger partial charge in [0, 0.05) is 18.3 Å². The fourth-order valence-corrected chi connectivity index (χ4v) is 3.10. The summed E-state index contributed by atoms with van der Waals surface area (Å²) < 4.78 is 5.24. The van der Waals surface area contributed by atoms with Crippen molar-refractivity contribution in [1.82, 2.24) is 10.3 Å². The number of hydrogen-bond acceptors (Lipinski definition) is 3. The van der Waals surface area contributed by atoms with Crippen LogP contribution in [-0.4, -0.2) is 24.2 Å². The summed E-state index contributed by atoms with van der Waals surface area (Å²) in [5.41, 5.74) is 1.35. The minimum atomic E-state index is 0.668. The van der Waals surface area contributed by atoms with Crippen LogP contribution in [0.5, 0.6) is 5.75 Å². The van der Waals surface area contributed by atoms with Crippen LogP contribution in [0.4, 0.5) is 0 Å². The molecule has 2 bridgehead atoms. The summed E-state index contributed by atoms with van der Waals surface area (Å²) in [6.45, 7) is 0. The third-order valence-electron chi connectivity index (χ3n) is 3.91. The van der Waals surface area contributed by atoms with Gasteiger partial charge in [0.2, 0.25) is 0 Å². The van der Waals surface area contributed by atoms with Gasteiger partial charge in [0.05, 0.1) is 13.3 Å². The molecule has 2 aliphatic heterocycles. The highest BCUT2D eigenvalue weighted by Crippen LogP contribution is 2.37. The summed E-state index contributed by atoms with van der Waals surface area (Å²) in [6, 6.07) is 3.60. The fraction of sp³-hybridized carbons (Fsp3) is 0.615. The van der Waals surface area contributed by atoms with E-state index in [0.717, 1.165) is 17.8 Å². The molecule has 0 saturated carbocycles. The van der Waals surface area contributed by atoms with Gasteiger partial charge in [-0.1, -0.05) is 0 Å². The molecule has 1 unspecified atom stereocenters. The van der Waals surface area contributed by atoms with E-state index in [4.69, 9.17) is 4.74 Å². The number of fused-ring (bicyclic) bond motifs is 2. The third-order valence-corrected chi connectivity index (χ3v) is 3.91. The molecule has 86 valence electrons. The first-order valence-electron chi connectivity index (χ1n) is 6.10. The van der Waals surface area contributed by atoms with E-state index in [0.29, 0.717) is 5.92 Å². The number of hydrogen-bond donors (Lipinski definition) is 1. The van der Waals surface area contributed by atoms with Crippen molar-refractivity contribution >= 4 is 0 Å². The Hall–Kier alpha value is -1.09. The zero-order chi connectivity index (χ0) is 11.0. The van der Waals surface area contributed by atoms with Gasteiger partial charge in [0.15, 0.2) is 0 Å². The van der Waals surface area contributed by atoms with Gasteiger partial charge in [-0.05, 0) is 43.2 Å². The van der Waals surface area contributed by atoms with Crippen molar-refractivity contribution in [2.75, 3.05) is 7.11 Å². The molecule has 2 fully saturated rings. The van der Waals surface area contributed by atoms with E-state index in [1.165, 1.54) is 31.2 Å². The Morgan fingerprint density at radius 3 is 2.69 bits per heavy atom. The maximum absolute atomic E-state index is 5.24. The molecule has 3 heterocycles. The van der Waals surface area contributed by atoms with Gasteiger partial charge in [-0.25, -0.2) is 0 Å². The molecule has 3 rings (SSSR count). The summed E-state index contributed by atoms with van der Waals surface area (Å²) in [5, 5.41) is 3.67. The zero-order valence-corrected chi connectivity index (χ0v) is 9.65. The fourth-order valence-electron chi connectivity index (χ4n) is 3.10. The van der Waals surface area contributed by atoms with Gasteiger partial charge in [0.1, 0.15) is 5.75 Å². The second-order valence-corrected chi connectivity index (χ2v) is 4.96. The van der Waals surface area contributed by atoms with Crippen molar-refractivity contribution in [1.29, 1.82) is 0 Å². The standard InChI is InChI=1S/C13H18N2O/c1-16-13-6-10(7-14-8-13)9-4-11-2-3-12(5-9)15-11/h6-9,11-12,15H,2-5H2,1H3/t9?,11-,12+. The molecular formula is C13H18N2O. The summed E-state index contributed by atoms with van der Waals surface area (Å²) in [4.78, 5) is 4.26. The highest BCUT2D eigenvalue weighted by molar-refractivity contribution is 5.27. The molecule has 3 atom stereocenters. The smallest absolute Gasteiger partial charge is 0.137 e. The number of aromatic nitrogens is 1. The van der Waals surface area contributed by atoms with Crippen molar-refractivity contribution in [2.24, 2.45) is 0 Å². The second kappa shape index (κ2) is 4.06. The Bertz CT molecular complexity index is 368. The van der Waals surface area contributed by atoms with Gasteiger partial charge in [-0.3, -0.25) is 4.98 Å². The van der Waals surface area contributed by atoms with Crippen LogP contribution < -0.4 is 10.1 Å². The van der Waals surface area contributed by atoms with Crippen LogP contribution >= 0.6 is 0 Å². The molecule has 0 spiro atoms. The zero-order valence-electron chi connectivity index (χ0n) is 9.65. The lowest BCUT2D eigenvalue weighted by Gasteiger charge is -2.29. The Balaban J connectivity index is 1.81. The summed E-state index contributed by atoms with van der Waals surface area (Å²) >= 11 is 0. The van der Waals surface area contributed by atoms with Crippen LogP contribution in [-0.2, 0) is 0 Å². The molecule has 0 aromatic carbocycles. The van der Waals surface area contributed by atoms with E-state index in [-0.39, 0.29) is 0 Å². The number of nitrogens with zero attached hydrogens (tertiary/aromatic N) is 1. The highest BCUT2D eigenvalue weighted by Gasteiger charge is 2.34. The molecule has 1 N–H and O–H groups in total. The maximum Gasteiger partial charge on any atom is 0.137 e. The topological polar surface area (TPSA) is 34.1 Å². The van der Waals surface area contributed by atoms with Gasteiger partial charge < -0.3 is 10.1 Å². The summed E-state index contributed by atoms with van der Waals surface area (Å²) in [7, 11) is 1.70.